The van der Waals surface area contributed by atoms with Crippen molar-refractivity contribution in [3.05, 3.63) is 83.2 Å². The predicted molar refractivity (Wildman–Crippen MR) is 135 cm³/mol. The summed E-state index contributed by atoms with van der Waals surface area (Å²) >= 11 is 1.60. The third-order valence-electron chi connectivity index (χ3n) is 6.18. The monoisotopic (exact) mass is 467 g/mol. The van der Waals surface area contributed by atoms with Crippen LogP contribution in [0.4, 0.5) is 0 Å². The quantitative estimate of drug-likeness (QED) is 0.340. The van der Waals surface area contributed by atoms with E-state index in [1.54, 1.807) is 11.3 Å². The third-order valence-corrected chi connectivity index (χ3v) is 7.23. The fourth-order valence-electron chi connectivity index (χ4n) is 4.54. The van der Waals surface area contributed by atoms with Gasteiger partial charge in [0, 0.05) is 24.0 Å². The van der Waals surface area contributed by atoms with E-state index in [1.165, 1.54) is 0 Å². The fourth-order valence-corrected chi connectivity index (χ4v) is 5.47. The van der Waals surface area contributed by atoms with Gasteiger partial charge in [-0.3, -0.25) is 4.90 Å². The Morgan fingerprint density at radius 3 is 2.65 bits per heavy atom. The van der Waals surface area contributed by atoms with Crippen molar-refractivity contribution >= 4 is 50.1 Å². The van der Waals surface area contributed by atoms with Crippen LogP contribution in [-0.2, 0) is 6.54 Å². The molecule has 2 aromatic carbocycles. The van der Waals surface area contributed by atoms with E-state index in [0.29, 0.717) is 41.1 Å². The molecule has 168 valence electrons. The molecule has 0 saturated carbocycles. The number of fused-ring (bicyclic) bond motifs is 3. The number of carboxylic acids is 1. The summed E-state index contributed by atoms with van der Waals surface area (Å²) in [4.78, 5) is 24.1. The highest BCUT2D eigenvalue weighted by atomic mass is 32.1. The summed E-state index contributed by atoms with van der Waals surface area (Å²) in [6.07, 6.45) is 1.98. The molecule has 0 atom stereocenters. The van der Waals surface area contributed by atoms with Crippen LogP contribution in [0.5, 0.6) is 0 Å². The maximum Gasteiger partial charge on any atom is 0.336 e. The zero-order valence-corrected chi connectivity index (χ0v) is 19.3. The Labute approximate surface area is 199 Å². The first kappa shape index (κ1) is 20.8. The van der Waals surface area contributed by atoms with E-state index in [-0.39, 0.29) is 0 Å². The van der Waals surface area contributed by atoms with Gasteiger partial charge < -0.3 is 9.52 Å². The molecule has 0 fully saturated rings. The molecule has 5 aromatic rings. The van der Waals surface area contributed by atoms with Crippen molar-refractivity contribution in [2.24, 2.45) is 0 Å². The van der Waals surface area contributed by atoms with Crippen LogP contribution in [0.1, 0.15) is 34.3 Å². The number of rotatable bonds is 4. The lowest BCUT2D eigenvalue weighted by Gasteiger charge is -2.30. The van der Waals surface area contributed by atoms with Gasteiger partial charge in [0.1, 0.15) is 5.76 Å². The molecule has 0 spiro atoms. The summed E-state index contributed by atoms with van der Waals surface area (Å²) in [6, 6.07) is 19.3. The highest BCUT2D eigenvalue weighted by Crippen LogP contribution is 2.35. The molecule has 0 saturated heterocycles. The average molecular weight is 468 g/mol. The minimum absolute atomic E-state index is 0.333. The number of para-hydroxylation sites is 2. The molecule has 7 heteroatoms. The van der Waals surface area contributed by atoms with E-state index in [4.69, 9.17) is 9.40 Å². The lowest BCUT2D eigenvalue weighted by Crippen LogP contribution is -2.31. The number of nitrogens with zero attached hydrogens (tertiary/aromatic N) is 3. The number of aromatic carboxylic acids is 1. The molecule has 1 aliphatic heterocycles. The Balaban J connectivity index is 1.47. The standard InChI is InChI=1S/C27H21N3O3S/c1-2-30-14-16(25-19(15-30)24(27(31)32)18-7-3-4-8-20(18)28-25)13-17-11-12-22(33-17)26-29-21-9-5-6-10-23(21)34-26/h3-13H,2,14-15H2,1H3,(H,31,32)/b16-13+. The Kier molecular flexibility index (Phi) is 5.01. The zero-order valence-electron chi connectivity index (χ0n) is 18.5. The third kappa shape index (κ3) is 3.50. The van der Waals surface area contributed by atoms with E-state index in [1.807, 2.05) is 60.7 Å². The van der Waals surface area contributed by atoms with Crippen LogP contribution in [0.3, 0.4) is 0 Å². The molecule has 1 aliphatic rings. The number of carboxylic acid groups (broad SMARTS) is 1. The van der Waals surface area contributed by atoms with E-state index in [0.717, 1.165) is 38.6 Å². The number of furan rings is 1. The summed E-state index contributed by atoms with van der Waals surface area (Å²) in [6.45, 7) is 4.11. The highest BCUT2D eigenvalue weighted by Gasteiger charge is 2.28. The minimum Gasteiger partial charge on any atom is -0.478 e. The van der Waals surface area contributed by atoms with Gasteiger partial charge in [0.2, 0.25) is 0 Å². The summed E-state index contributed by atoms with van der Waals surface area (Å²) in [7, 11) is 0. The van der Waals surface area contributed by atoms with Crippen LogP contribution < -0.4 is 0 Å². The maximum atomic E-state index is 12.3. The number of hydrogen-bond donors (Lipinski definition) is 1. The molecule has 0 amide bonds. The number of thiazole rings is 1. The van der Waals surface area contributed by atoms with Crippen LogP contribution in [0.15, 0.2) is 65.1 Å². The molecule has 6 nitrogen and oxygen atoms in total. The van der Waals surface area contributed by atoms with E-state index in [9.17, 15) is 9.90 Å². The van der Waals surface area contributed by atoms with Gasteiger partial charge in [0.15, 0.2) is 10.8 Å². The van der Waals surface area contributed by atoms with E-state index in [2.05, 4.69) is 22.9 Å². The minimum atomic E-state index is -0.928. The van der Waals surface area contributed by atoms with Crippen LogP contribution in [0.2, 0.25) is 0 Å². The van der Waals surface area contributed by atoms with Gasteiger partial charge in [-0.2, -0.15) is 0 Å². The number of hydrogen-bond acceptors (Lipinski definition) is 6. The second-order valence-corrected chi connectivity index (χ2v) is 9.33. The van der Waals surface area contributed by atoms with Crippen LogP contribution in [0, 0.1) is 0 Å². The maximum absolute atomic E-state index is 12.3. The summed E-state index contributed by atoms with van der Waals surface area (Å²) in [5, 5.41) is 11.6. The second-order valence-electron chi connectivity index (χ2n) is 8.30. The van der Waals surface area contributed by atoms with Gasteiger partial charge in [-0.25, -0.2) is 14.8 Å². The van der Waals surface area contributed by atoms with Gasteiger partial charge >= 0.3 is 5.97 Å². The van der Waals surface area contributed by atoms with Crippen LogP contribution in [0.25, 0.3) is 43.5 Å². The number of benzene rings is 2. The molecule has 0 radical (unpaired) electrons. The molecule has 0 bridgehead atoms. The van der Waals surface area contributed by atoms with Crippen molar-refractivity contribution in [1.29, 1.82) is 0 Å². The van der Waals surface area contributed by atoms with Gasteiger partial charge in [-0.05, 0) is 48.5 Å². The Morgan fingerprint density at radius 2 is 1.85 bits per heavy atom. The van der Waals surface area contributed by atoms with E-state index >= 15 is 0 Å². The number of carbonyl (C=O) groups is 1. The highest BCUT2D eigenvalue weighted by molar-refractivity contribution is 7.21. The van der Waals surface area contributed by atoms with Gasteiger partial charge in [0.05, 0.1) is 27.0 Å². The second kappa shape index (κ2) is 8.20. The Hall–Kier alpha value is -3.81. The first-order valence-corrected chi connectivity index (χ1v) is 12.0. The van der Waals surface area contributed by atoms with Crippen molar-refractivity contribution in [3.8, 4) is 10.8 Å². The molecule has 34 heavy (non-hydrogen) atoms. The molecule has 3 aromatic heterocycles. The lowest BCUT2D eigenvalue weighted by molar-refractivity contribution is 0.0696. The molecular formula is C27H21N3O3S. The van der Waals surface area contributed by atoms with Crippen molar-refractivity contribution in [1.82, 2.24) is 14.9 Å². The largest absolute Gasteiger partial charge is 0.478 e. The van der Waals surface area contributed by atoms with Gasteiger partial charge in [-0.15, -0.1) is 11.3 Å². The van der Waals surface area contributed by atoms with Crippen molar-refractivity contribution < 1.29 is 14.3 Å². The molecule has 4 heterocycles. The molecule has 0 aliphatic carbocycles. The topological polar surface area (TPSA) is 79.5 Å². The number of likely N-dealkylation sites (N-methyl/N-ethyl adjacent to an activating group) is 1. The van der Waals surface area contributed by atoms with Crippen LogP contribution >= 0.6 is 11.3 Å². The molecule has 0 unspecified atom stereocenters. The first-order valence-electron chi connectivity index (χ1n) is 11.1. The Morgan fingerprint density at radius 1 is 1.06 bits per heavy atom. The zero-order chi connectivity index (χ0) is 23.2. The average Bonchev–Trinajstić information content (AvgIpc) is 3.49. The molecule has 6 rings (SSSR count). The summed E-state index contributed by atoms with van der Waals surface area (Å²) in [5.74, 6) is 0.484. The van der Waals surface area contributed by atoms with Crippen molar-refractivity contribution in [2.75, 3.05) is 13.1 Å². The summed E-state index contributed by atoms with van der Waals surface area (Å²) in [5.41, 5.74) is 4.41. The van der Waals surface area contributed by atoms with Crippen molar-refractivity contribution in [2.45, 2.75) is 13.5 Å². The fraction of sp³-hybridized carbons (Fsp3) is 0.148. The normalized spacial score (nSPS) is 15.3. The van der Waals surface area contributed by atoms with E-state index < -0.39 is 5.97 Å². The number of aromatic nitrogens is 2. The summed E-state index contributed by atoms with van der Waals surface area (Å²) < 4.78 is 7.28. The van der Waals surface area contributed by atoms with Gasteiger partial charge in [0.25, 0.3) is 0 Å². The van der Waals surface area contributed by atoms with Gasteiger partial charge in [-0.1, -0.05) is 37.3 Å². The molecule has 1 N–H and O–H groups in total. The smallest absolute Gasteiger partial charge is 0.336 e. The van der Waals surface area contributed by atoms with Crippen LogP contribution in [-0.4, -0.2) is 39.0 Å². The lowest BCUT2D eigenvalue weighted by atomic mass is 9.92. The first-order chi connectivity index (χ1) is 16.6. The van der Waals surface area contributed by atoms with Crippen molar-refractivity contribution in [3.63, 3.8) is 0 Å². The number of pyridine rings is 1. The predicted octanol–water partition coefficient (Wildman–Crippen LogP) is 6.18. The SMILES string of the molecule is CCN1C/C(=C\c2ccc(-c3nc4ccccc4s3)o2)c2nc3ccccc3c(C(=O)O)c2C1. The Bertz CT molecular complexity index is 1560. The molecular weight excluding hydrogens is 446 g/mol.